The summed E-state index contributed by atoms with van der Waals surface area (Å²) in [7, 11) is 1.80. The van der Waals surface area contributed by atoms with E-state index in [1.54, 1.807) is 23.7 Å². The second-order valence-corrected chi connectivity index (χ2v) is 6.64. The average molecular weight is 323 g/mol. The molecule has 0 saturated heterocycles. The molecule has 1 aromatic carbocycles. The third kappa shape index (κ3) is 4.57. The number of unbranched alkanes of at least 4 members (excludes halogenated alkanes) is 2. The van der Waals surface area contributed by atoms with Gasteiger partial charge in [0.15, 0.2) is 0 Å². The molecule has 0 aromatic heterocycles. The zero-order chi connectivity index (χ0) is 15.9. The van der Waals surface area contributed by atoms with Gasteiger partial charge in [-0.25, -0.2) is 4.79 Å². The van der Waals surface area contributed by atoms with Gasteiger partial charge in [0.1, 0.15) is 11.7 Å². The number of hydrogen-bond donors (Lipinski definition) is 0. The van der Waals surface area contributed by atoms with Gasteiger partial charge in [0.2, 0.25) is 0 Å². The minimum atomic E-state index is -0.239. The van der Waals surface area contributed by atoms with Crippen LogP contribution in [0.2, 0.25) is 0 Å². The number of carbonyl (C=O) groups is 1. The normalized spacial score (nSPS) is 14.1. The van der Waals surface area contributed by atoms with Crippen LogP contribution >= 0.6 is 11.8 Å². The lowest BCUT2D eigenvalue weighted by atomic mass is 10.1. The van der Waals surface area contributed by atoms with Crippen LogP contribution in [-0.2, 0) is 11.2 Å². The first-order valence-electron chi connectivity index (χ1n) is 7.90. The molecule has 1 atom stereocenters. The van der Waals surface area contributed by atoms with E-state index in [2.05, 4.69) is 25.1 Å². The van der Waals surface area contributed by atoms with Gasteiger partial charge in [-0.05, 0) is 37.5 Å². The molecule has 0 bridgehead atoms. The van der Waals surface area contributed by atoms with E-state index in [-0.39, 0.29) is 12.1 Å². The Morgan fingerprint density at radius 2 is 2.27 bits per heavy atom. The summed E-state index contributed by atoms with van der Waals surface area (Å²) >= 11 is 1.71. The number of benzene rings is 1. The van der Waals surface area contributed by atoms with Gasteiger partial charge in [-0.3, -0.25) is 0 Å². The lowest BCUT2D eigenvalue weighted by Gasteiger charge is -2.24. The molecule has 122 valence electrons. The Morgan fingerprint density at radius 1 is 1.45 bits per heavy atom. The first-order chi connectivity index (χ1) is 10.6. The molecule has 1 aliphatic rings. The molecule has 4 nitrogen and oxygen atoms in total. The van der Waals surface area contributed by atoms with Crippen molar-refractivity contribution in [3.8, 4) is 5.75 Å². The molecular formula is C17H25NO3S. The van der Waals surface area contributed by atoms with Crippen LogP contribution in [0.1, 0.15) is 38.7 Å². The van der Waals surface area contributed by atoms with Crippen molar-refractivity contribution in [2.45, 2.75) is 50.5 Å². The fraction of sp³-hybridized carbons (Fsp3) is 0.588. The molecule has 2 rings (SSSR count). The zero-order valence-corrected chi connectivity index (χ0v) is 14.4. The van der Waals surface area contributed by atoms with Crippen LogP contribution in [0.3, 0.4) is 0 Å². The van der Waals surface area contributed by atoms with E-state index in [1.165, 1.54) is 10.5 Å². The predicted molar refractivity (Wildman–Crippen MR) is 89.6 cm³/mol. The first-order valence-corrected chi connectivity index (χ1v) is 8.88. The molecule has 22 heavy (non-hydrogen) atoms. The number of carbonyl (C=O) groups excluding carboxylic acids is 1. The number of likely N-dealkylation sites (N-methyl/N-ethyl adjacent to an activating group) is 1. The van der Waals surface area contributed by atoms with Gasteiger partial charge in [0.25, 0.3) is 0 Å². The average Bonchev–Trinajstić information content (AvgIpc) is 2.98. The van der Waals surface area contributed by atoms with E-state index >= 15 is 0 Å². The predicted octanol–water partition coefficient (Wildman–Crippen LogP) is 4.32. The highest BCUT2D eigenvalue weighted by molar-refractivity contribution is 7.99. The van der Waals surface area contributed by atoms with E-state index in [1.807, 2.05) is 6.92 Å². The van der Waals surface area contributed by atoms with Crippen molar-refractivity contribution >= 4 is 17.9 Å². The molecule has 0 spiro atoms. The van der Waals surface area contributed by atoms with Crippen molar-refractivity contribution < 1.29 is 14.3 Å². The molecule has 1 unspecified atom stereocenters. The molecule has 0 N–H and O–H groups in total. The lowest BCUT2D eigenvalue weighted by Crippen LogP contribution is -2.37. The Kier molecular flexibility index (Phi) is 6.43. The summed E-state index contributed by atoms with van der Waals surface area (Å²) in [6.07, 6.45) is 3.71. The summed E-state index contributed by atoms with van der Waals surface area (Å²) in [6, 6.07) is 6.37. The van der Waals surface area contributed by atoms with Crippen LogP contribution in [0.25, 0.3) is 0 Å². The molecule has 1 aliphatic heterocycles. The van der Waals surface area contributed by atoms with Crippen LogP contribution in [0.4, 0.5) is 4.79 Å². The Morgan fingerprint density at radius 3 is 3.05 bits per heavy atom. The Hall–Kier alpha value is -1.36. The van der Waals surface area contributed by atoms with Gasteiger partial charge < -0.3 is 14.4 Å². The fourth-order valence-corrected chi connectivity index (χ4v) is 3.08. The van der Waals surface area contributed by atoms with E-state index in [0.717, 1.165) is 31.4 Å². The molecule has 1 aromatic rings. The standard InChI is InChI=1S/C17H25NO3S/c1-4-5-6-9-20-17(19)18(3)13(2)10-14-7-8-16-15(11-14)21-12-22-16/h7-8,11,13H,4-6,9-10,12H2,1-3H3. The lowest BCUT2D eigenvalue weighted by molar-refractivity contribution is 0.0979. The monoisotopic (exact) mass is 323 g/mol. The summed E-state index contributed by atoms with van der Waals surface area (Å²) in [5, 5.41) is 0. The summed E-state index contributed by atoms with van der Waals surface area (Å²) in [5.74, 6) is 1.65. The van der Waals surface area contributed by atoms with E-state index < -0.39 is 0 Å². The number of amides is 1. The molecule has 1 amide bonds. The Bertz CT molecular complexity index is 507. The minimum absolute atomic E-state index is 0.0887. The van der Waals surface area contributed by atoms with Crippen LogP contribution in [0.15, 0.2) is 23.1 Å². The maximum absolute atomic E-state index is 12.0. The van der Waals surface area contributed by atoms with Gasteiger partial charge in [-0.2, -0.15) is 0 Å². The van der Waals surface area contributed by atoms with E-state index in [9.17, 15) is 4.79 Å². The number of nitrogens with zero attached hydrogens (tertiary/aromatic N) is 1. The molecule has 0 radical (unpaired) electrons. The summed E-state index contributed by atoms with van der Waals surface area (Å²) in [5.41, 5.74) is 1.18. The Balaban J connectivity index is 1.82. The Labute approximate surface area is 137 Å². The third-order valence-electron chi connectivity index (χ3n) is 3.89. The highest BCUT2D eigenvalue weighted by Crippen LogP contribution is 2.36. The second kappa shape index (κ2) is 8.32. The quantitative estimate of drug-likeness (QED) is 0.701. The van der Waals surface area contributed by atoms with E-state index in [0.29, 0.717) is 12.5 Å². The number of ether oxygens (including phenoxy) is 2. The maximum atomic E-state index is 12.0. The fourth-order valence-electron chi connectivity index (χ4n) is 2.34. The van der Waals surface area contributed by atoms with E-state index in [4.69, 9.17) is 9.47 Å². The highest BCUT2D eigenvalue weighted by atomic mass is 32.2. The smallest absolute Gasteiger partial charge is 0.409 e. The van der Waals surface area contributed by atoms with Crippen LogP contribution in [0.5, 0.6) is 5.75 Å². The van der Waals surface area contributed by atoms with Gasteiger partial charge in [0, 0.05) is 13.1 Å². The topological polar surface area (TPSA) is 38.8 Å². The number of hydrogen-bond acceptors (Lipinski definition) is 4. The first kappa shape index (κ1) is 17.0. The maximum Gasteiger partial charge on any atom is 0.409 e. The second-order valence-electron chi connectivity index (χ2n) is 5.67. The van der Waals surface area contributed by atoms with Crippen LogP contribution in [0, 0.1) is 0 Å². The van der Waals surface area contributed by atoms with Crippen molar-refractivity contribution in [2.24, 2.45) is 0 Å². The SMILES string of the molecule is CCCCCOC(=O)N(C)C(C)Cc1ccc2c(c1)OCS2. The number of thioether (sulfide) groups is 1. The van der Waals surface area contributed by atoms with Gasteiger partial charge in [-0.15, -0.1) is 0 Å². The van der Waals surface area contributed by atoms with Crippen molar-refractivity contribution in [3.05, 3.63) is 23.8 Å². The van der Waals surface area contributed by atoms with Gasteiger partial charge >= 0.3 is 6.09 Å². The summed E-state index contributed by atoms with van der Waals surface area (Å²) in [6.45, 7) is 4.68. The van der Waals surface area contributed by atoms with Crippen LogP contribution < -0.4 is 4.74 Å². The molecule has 5 heteroatoms. The molecule has 0 saturated carbocycles. The number of fused-ring (bicyclic) bond motifs is 1. The van der Waals surface area contributed by atoms with Gasteiger partial charge in [0.05, 0.1) is 11.5 Å². The highest BCUT2D eigenvalue weighted by Gasteiger charge is 2.19. The zero-order valence-electron chi connectivity index (χ0n) is 13.6. The molecular weight excluding hydrogens is 298 g/mol. The van der Waals surface area contributed by atoms with Crippen molar-refractivity contribution in [1.29, 1.82) is 0 Å². The summed E-state index contributed by atoms with van der Waals surface area (Å²) in [4.78, 5) is 14.9. The molecule has 0 fully saturated rings. The van der Waals surface area contributed by atoms with Gasteiger partial charge in [-0.1, -0.05) is 37.6 Å². The van der Waals surface area contributed by atoms with Crippen molar-refractivity contribution in [3.63, 3.8) is 0 Å². The van der Waals surface area contributed by atoms with Crippen LogP contribution in [-0.4, -0.2) is 36.6 Å². The summed E-state index contributed by atoms with van der Waals surface area (Å²) < 4.78 is 10.9. The number of rotatable bonds is 7. The molecule has 1 heterocycles. The largest absolute Gasteiger partial charge is 0.481 e. The minimum Gasteiger partial charge on any atom is -0.481 e. The van der Waals surface area contributed by atoms with Crippen molar-refractivity contribution in [1.82, 2.24) is 4.90 Å². The molecule has 0 aliphatic carbocycles. The van der Waals surface area contributed by atoms with Crippen molar-refractivity contribution in [2.75, 3.05) is 19.6 Å². The third-order valence-corrected chi connectivity index (χ3v) is 4.77.